The second-order valence-corrected chi connectivity index (χ2v) is 9.51. The summed E-state index contributed by atoms with van der Waals surface area (Å²) >= 11 is 0. The number of anilines is 2. The van der Waals surface area contributed by atoms with Gasteiger partial charge < -0.3 is 20.3 Å². The van der Waals surface area contributed by atoms with Crippen molar-refractivity contribution >= 4 is 22.8 Å². The Morgan fingerprint density at radius 3 is 2.60 bits per heavy atom. The van der Waals surface area contributed by atoms with Gasteiger partial charge in [0.2, 0.25) is 5.95 Å². The predicted octanol–water partition coefficient (Wildman–Crippen LogP) is 4.17. The molecule has 2 aliphatic rings. The first-order valence-corrected chi connectivity index (χ1v) is 12.4. The minimum atomic E-state index is -2.73. The number of benzene rings is 1. The van der Waals surface area contributed by atoms with Crippen molar-refractivity contribution in [1.82, 2.24) is 24.8 Å². The van der Waals surface area contributed by atoms with Gasteiger partial charge in [-0.2, -0.15) is 9.97 Å². The minimum Gasteiger partial charge on any atom is -0.377 e. The van der Waals surface area contributed by atoms with Crippen LogP contribution in [0.15, 0.2) is 30.3 Å². The van der Waals surface area contributed by atoms with Gasteiger partial charge in [0.1, 0.15) is 11.6 Å². The van der Waals surface area contributed by atoms with E-state index in [-0.39, 0.29) is 11.9 Å². The van der Waals surface area contributed by atoms with Crippen molar-refractivity contribution in [3.05, 3.63) is 36.2 Å². The number of nitrogens with one attached hydrogen (secondary N) is 2. The lowest BCUT2D eigenvalue weighted by molar-refractivity contribution is 0.0985. The van der Waals surface area contributed by atoms with E-state index in [4.69, 9.17) is 14.7 Å². The normalized spacial score (nSPS) is 23.2. The standard InChI is InChI=1S/C25H33F2N7O/c1-16-15-35-12-11-33(16)21-13-22(34-20-6-4-3-5-19(20)30-24(34)23(26)27)32-25(31-21)29-14-17-7-9-18(28-2)10-8-17/h3-6,13,16-18,23,28H,7-12,14-15H2,1-2H3,(H,29,31,32)/t16-,17?,18?/m0/s1. The first-order chi connectivity index (χ1) is 17.0. The molecule has 0 unspecified atom stereocenters. The third-order valence-corrected chi connectivity index (χ3v) is 7.18. The third kappa shape index (κ3) is 5.08. The number of nitrogens with zero attached hydrogens (tertiary/aromatic N) is 5. The largest absolute Gasteiger partial charge is 0.377 e. The van der Waals surface area contributed by atoms with Gasteiger partial charge in [0.15, 0.2) is 5.82 Å². The number of fused-ring (bicyclic) bond motifs is 1. The fourth-order valence-electron chi connectivity index (χ4n) is 5.15. The highest BCUT2D eigenvalue weighted by Crippen LogP contribution is 2.30. The van der Waals surface area contributed by atoms with Gasteiger partial charge in [-0.1, -0.05) is 12.1 Å². The van der Waals surface area contributed by atoms with Crippen LogP contribution in [0.1, 0.15) is 44.9 Å². The molecule has 8 nitrogen and oxygen atoms in total. The minimum absolute atomic E-state index is 0.116. The molecule has 2 N–H and O–H groups in total. The fourth-order valence-corrected chi connectivity index (χ4v) is 5.15. The zero-order valence-corrected chi connectivity index (χ0v) is 20.3. The Hall–Kier alpha value is -2.85. The number of aromatic nitrogens is 4. The summed E-state index contributed by atoms with van der Waals surface area (Å²) in [7, 11) is 2.02. The molecule has 35 heavy (non-hydrogen) atoms. The first kappa shape index (κ1) is 23.9. The van der Waals surface area contributed by atoms with Gasteiger partial charge in [-0.25, -0.2) is 13.8 Å². The highest BCUT2D eigenvalue weighted by Gasteiger charge is 2.26. The summed E-state index contributed by atoms with van der Waals surface area (Å²) in [6.45, 7) is 4.69. The van der Waals surface area contributed by atoms with Crippen LogP contribution in [-0.4, -0.2) is 65.0 Å². The summed E-state index contributed by atoms with van der Waals surface area (Å²) in [6.07, 6.45) is 1.83. The van der Waals surface area contributed by atoms with Crippen molar-refractivity contribution in [3.63, 3.8) is 0 Å². The van der Waals surface area contributed by atoms with E-state index in [2.05, 4.69) is 27.4 Å². The van der Waals surface area contributed by atoms with Gasteiger partial charge in [0, 0.05) is 25.2 Å². The molecule has 0 amide bonds. The molecule has 1 aromatic carbocycles. The molecule has 1 aliphatic heterocycles. The number of hydrogen-bond acceptors (Lipinski definition) is 7. The molecular weight excluding hydrogens is 452 g/mol. The van der Waals surface area contributed by atoms with Crippen LogP contribution in [0.2, 0.25) is 0 Å². The van der Waals surface area contributed by atoms with E-state index in [0.717, 1.165) is 32.2 Å². The Balaban J connectivity index is 1.51. The molecule has 1 aliphatic carbocycles. The predicted molar refractivity (Wildman–Crippen MR) is 133 cm³/mol. The number of halogens is 2. The molecule has 1 atom stereocenters. The van der Waals surface area contributed by atoms with E-state index in [1.54, 1.807) is 24.3 Å². The summed E-state index contributed by atoms with van der Waals surface area (Å²) < 4.78 is 35.1. The second-order valence-electron chi connectivity index (χ2n) is 9.51. The van der Waals surface area contributed by atoms with E-state index in [0.29, 0.717) is 60.3 Å². The van der Waals surface area contributed by atoms with Crippen molar-refractivity contribution in [2.75, 3.05) is 43.6 Å². The van der Waals surface area contributed by atoms with Crippen molar-refractivity contribution in [2.45, 2.75) is 51.1 Å². The lowest BCUT2D eigenvalue weighted by atomic mass is 9.86. The maximum atomic E-state index is 14.0. The molecule has 0 radical (unpaired) electrons. The van der Waals surface area contributed by atoms with Crippen molar-refractivity contribution in [3.8, 4) is 5.82 Å². The molecule has 2 fully saturated rings. The topological polar surface area (TPSA) is 80.1 Å². The molecule has 1 saturated heterocycles. The molecule has 1 saturated carbocycles. The van der Waals surface area contributed by atoms with E-state index < -0.39 is 6.43 Å². The molecule has 0 spiro atoms. The number of imidazole rings is 1. The first-order valence-electron chi connectivity index (χ1n) is 12.4. The Morgan fingerprint density at radius 1 is 1.09 bits per heavy atom. The molecule has 188 valence electrons. The summed E-state index contributed by atoms with van der Waals surface area (Å²) in [5, 5.41) is 6.79. The van der Waals surface area contributed by atoms with E-state index >= 15 is 0 Å². The molecular formula is C25H33F2N7O. The lowest BCUT2D eigenvalue weighted by Crippen LogP contribution is -2.44. The Labute approximate surface area is 204 Å². The summed E-state index contributed by atoms with van der Waals surface area (Å²) in [6, 6.07) is 9.64. The van der Waals surface area contributed by atoms with Crippen LogP contribution in [0.3, 0.4) is 0 Å². The van der Waals surface area contributed by atoms with E-state index in [1.165, 1.54) is 4.57 Å². The molecule has 3 aromatic rings. The zero-order valence-electron chi connectivity index (χ0n) is 20.3. The van der Waals surface area contributed by atoms with Crippen LogP contribution in [0.25, 0.3) is 16.9 Å². The SMILES string of the molecule is CNC1CCC(CNc2nc(N3CCOC[C@@H]3C)cc(-n3c(C(F)F)nc4ccccc43)n2)CC1. The number of ether oxygens (including phenoxy) is 1. The van der Waals surface area contributed by atoms with Gasteiger partial charge in [-0.15, -0.1) is 0 Å². The Kier molecular flexibility index (Phi) is 7.10. The monoisotopic (exact) mass is 485 g/mol. The maximum Gasteiger partial charge on any atom is 0.296 e. The van der Waals surface area contributed by atoms with Crippen molar-refractivity contribution < 1.29 is 13.5 Å². The highest BCUT2D eigenvalue weighted by molar-refractivity contribution is 5.78. The summed E-state index contributed by atoms with van der Waals surface area (Å²) in [5.41, 5.74) is 1.11. The van der Waals surface area contributed by atoms with Crippen LogP contribution in [0.4, 0.5) is 20.5 Å². The quantitative estimate of drug-likeness (QED) is 0.520. The van der Waals surface area contributed by atoms with Gasteiger partial charge in [-0.3, -0.25) is 4.57 Å². The van der Waals surface area contributed by atoms with Gasteiger partial charge >= 0.3 is 0 Å². The molecule has 10 heteroatoms. The maximum absolute atomic E-state index is 14.0. The number of para-hydroxylation sites is 2. The fraction of sp³-hybridized carbons (Fsp3) is 0.560. The van der Waals surface area contributed by atoms with Crippen molar-refractivity contribution in [1.29, 1.82) is 0 Å². The lowest BCUT2D eigenvalue weighted by Gasteiger charge is -2.34. The van der Waals surface area contributed by atoms with Crippen LogP contribution in [-0.2, 0) is 4.74 Å². The third-order valence-electron chi connectivity index (χ3n) is 7.18. The summed E-state index contributed by atoms with van der Waals surface area (Å²) in [4.78, 5) is 15.9. The highest BCUT2D eigenvalue weighted by atomic mass is 19.3. The number of morpholine rings is 1. The van der Waals surface area contributed by atoms with E-state index in [9.17, 15) is 8.78 Å². The summed E-state index contributed by atoms with van der Waals surface area (Å²) in [5.74, 6) is 1.75. The van der Waals surface area contributed by atoms with E-state index in [1.807, 2.05) is 13.1 Å². The van der Waals surface area contributed by atoms with Gasteiger partial charge in [0.05, 0.1) is 30.3 Å². The Bertz CT molecular complexity index is 1150. The smallest absolute Gasteiger partial charge is 0.296 e. The molecule has 3 heterocycles. The zero-order chi connectivity index (χ0) is 24.4. The van der Waals surface area contributed by atoms with Gasteiger partial charge in [0.25, 0.3) is 6.43 Å². The Morgan fingerprint density at radius 2 is 1.86 bits per heavy atom. The molecule has 5 rings (SSSR count). The van der Waals surface area contributed by atoms with Crippen LogP contribution < -0.4 is 15.5 Å². The van der Waals surface area contributed by atoms with Crippen molar-refractivity contribution in [2.24, 2.45) is 5.92 Å². The number of hydrogen-bond donors (Lipinski definition) is 2. The van der Waals surface area contributed by atoms with Crippen LogP contribution >= 0.6 is 0 Å². The average Bonchev–Trinajstić information content (AvgIpc) is 3.28. The average molecular weight is 486 g/mol. The van der Waals surface area contributed by atoms with Crippen LogP contribution in [0.5, 0.6) is 0 Å². The molecule has 0 bridgehead atoms. The van der Waals surface area contributed by atoms with Crippen LogP contribution in [0, 0.1) is 5.92 Å². The molecule has 2 aromatic heterocycles. The second kappa shape index (κ2) is 10.4. The number of rotatable bonds is 7. The number of alkyl halides is 2. The van der Waals surface area contributed by atoms with Gasteiger partial charge in [-0.05, 0) is 57.7 Å².